The second-order valence-electron chi connectivity index (χ2n) is 7.62. The molecule has 29 heavy (non-hydrogen) atoms. The van der Waals surface area contributed by atoms with Crippen molar-refractivity contribution in [2.45, 2.75) is 19.3 Å². The molecule has 2 atom stereocenters. The molecular weight excluding hydrogens is 358 g/mol. The molecule has 2 aromatic rings. The van der Waals surface area contributed by atoms with E-state index >= 15 is 0 Å². The minimum absolute atomic E-state index is 0.156. The fourth-order valence-electron chi connectivity index (χ4n) is 4.34. The molecule has 0 saturated heterocycles. The van der Waals surface area contributed by atoms with Crippen LogP contribution in [0.1, 0.15) is 30.4 Å². The number of hydrogen-bond acceptors (Lipinski definition) is 3. The predicted molar refractivity (Wildman–Crippen MR) is 114 cm³/mol. The van der Waals surface area contributed by atoms with E-state index in [0.29, 0.717) is 5.57 Å². The molecule has 2 aliphatic rings. The monoisotopic (exact) mass is 384 g/mol. The Morgan fingerprint density at radius 3 is 2.45 bits per heavy atom. The van der Waals surface area contributed by atoms with E-state index in [1.165, 1.54) is 4.90 Å². The first-order valence-corrected chi connectivity index (χ1v) is 10.2. The Bertz CT molecular complexity index is 1010. The van der Waals surface area contributed by atoms with Crippen molar-refractivity contribution in [1.82, 2.24) is 0 Å². The van der Waals surface area contributed by atoms with E-state index in [-0.39, 0.29) is 11.8 Å². The molecule has 0 fully saturated rings. The van der Waals surface area contributed by atoms with Crippen LogP contribution in [0, 0.1) is 11.3 Å². The van der Waals surface area contributed by atoms with E-state index in [4.69, 9.17) is 10.5 Å². The summed E-state index contributed by atoms with van der Waals surface area (Å²) in [5.41, 5.74) is 11.3. The highest BCUT2D eigenvalue weighted by atomic mass is 16.5. The van der Waals surface area contributed by atoms with Crippen LogP contribution in [0.25, 0.3) is 6.08 Å². The lowest BCUT2D eigenvalue weighted by atomic mass is 9.80. The number of allylic oxidation sites excluding steroid dienone is 1. The van der Waals surface area contributed by atoms with Crippen LogP contribution in [0.4, 0.5) is 0 Å². The minimum Gasteiger partial charge on any atom is -0.440 e. The van der Waals surface area contributed by atoms with Gasteiger partial charge in [-0.3, -0.25) is 0 Å². The molecule has 4 nitrogen and oxygen atoms in total. The van der Waals surface area contributed by atoms with Crippen molar-refractivity contribution in [2.75, 3.05) is 19.6 Å². The second kappa shape index (κ2) is 8.38. The van der Waals surface area contributed by atoms with Crippen LogP contribution in [0.3, 0.4) is 0 Å². The van der Waals surface area contributed by atoms with E-state index < -0.39 is 0 Å². The SMILES string of the molecule is CCC[NH+]1CC2=C(OC(N)=C(C#N)[C@@H]2c2ccccc2)/C(=C\c2ccccc2)C1. The molecule has 2 aromatic carbocycles. The Morgan fingerprint density at radius 2 is 1.79 bits per heavy atom. The quantitative estimate of drug-likeness (QED) is 0.851. The van der Waals surface area contributed by atoms with Gasteiger partial charge in [0.15, 0.2) is 0 Å². The zero-order valence-corrected chi connectivity index (χ0v) is 16.7. The van der Waals surface area contributed by atoms with Crippen molar-refractivity contribution in [1.29, 1.82) is 5.26 Å². The van der Waals surface area contributed by atoms with E-state index in [1.807, 2.05) is 36.4 Å². The summed E-state index contributed by atoms with van der Waals surface area (Å²) in [5, 5.41) is 9.84. The average Bonchev–Trinajstić information content (AvgIpc) is 2.75. The maximum Gasteiger partial charge on any atom is 0.205 e. The van der Waals surface area contributed by atoms with Crippen LogP contribution in [0.2, 0.25) is 0 Å². The van der Waals surface area contributed by atoms with Crippen LogP contribution in [-0.2, 0) is 4.74 Å². The molecule has 4 rings (SSSR count). The van der Waals surface area contributed by atoms with Gasteiger partial charge >= 0.3 is 0 Å². The molecule has 0 spiro atoms. The summed E-state index contributed by atoms with van der Waals surface area (Å²) in [7, 11) is 0. The Hall–Kier alpha value is -3.29. The van der Waals surface area contributed by atoms with Crippen molar-refractivity contribution in [3.05, 3.63) is 100 Å². The maximum absolute atomic E-state index is 9.84. The molecule has 0 radical (unpaired) electrons. The largest absolute Gasteiger partial charge is 0.440 e. The highest BCUT2D eigenvalue weighted by molar-refractivity contribution is 5.62. The number of nitrogens with zero attached hydrogens (tertiary/aromatic N) is 1. The first kappa shape index (κ1) is 19.0. The van der Waals surface area contributed by atoms with E-state index in [0.717, 1.165) is 54.1 Å². The molecule has 0 amide bonds. The lowest BCUT2D eigenvalue weighted by Crippen LogP contribution is -3.13. The van der Waals surface area contributed by atoms with Gasteiger partial charge in [0.25, 0.3) is 0 Å². The first-order valence-electron chi connectivity index (χ1n) is 10.2. The molecular formula is C25H26N3O+. The van der Waals surface area contributed by atoms with Crippen molar-refractivity contribution >= 4 is 6.08 Å². The maximum atomic E-state index is 9.84. The number of rotatable bonds is 4. The van der Waals surface area contributed by atoms with Crippen LogP contribution in [-0.4, -0.2) is 19.6 Å². The summed E-state index contributed by atoms with van der Waals surface area (Å²) < 4.78 is 6.09. The number of nitriles is 1. The third kappa shape index (κ3) is 3.83. The number of ether oxygens (including phenoxy) is 1. The van der Waals surface area contributed by atoms with Gasteiger partial charge in [-0.15, -0.1) is 0 Å². The Kier molecular flexibility index (Phi) is 5.50. The number of hydrogen-bond donors (Lipinski definition) is 2. The molecule has 3 N–H and O–H groups in total. The highest BCUT2D eigenvalue weighted by Gasteiger charge is 2.39. The molecule has 0 aromatic heterocycles. The van der Waals surface area contributed by atoms with E-state index in [1.54, 1.807) is 0 Å². The zero-order chi connectivity index (χ0) is 20.2. The predicted octanol–water partition coefficient (Wildman–Crippen LogP) is 3.14. The molecule has 1 unspecified atom stereocenters. The van der Waals surface area contributed by atoms with Crippen LogP contribution >= 0.6 is 0 Å². The fraction of sp³-hybridized carbons (Fsp3) is 0.240. The Balaban J connectivity index is 1.86. The van der Waals surface area contributed by atoms with Gasteiger partial charge < -0.3 is 15.4 Å². The molecule has 0 saturated carbocycles. The lowest BCUT2D eigenvalue weighted by Gasteiger charge is -2.36. The minimum atomic E-state index is -0.156. The molecule has 0 bridgehead atoms. The van der Waals surface area contributed by atoms with Crippen LogP contribution < -0.4 is 10.6 Å². The van der Waals surface area contributed by atoms with Gasteiger partial charge in [0.05, 0.1) is 12.5 Å². The van der Waals surface area contributed by atoms with E-state index in [2.05, 4.69) is 43.3 Å². The normalized spacial score (nSPS) is 22.8. The fourth-order valence-corrected chi connectivity index (χ4v) is 4.34. The van der Waals surface area contributed by atoms with Crippen molar-refractivity contribution in [2.24, 2.45) is 5.73 Å². The zero-order valence-electron chi connectivity index (χ0n) is 16.7. The van der Waals surface area contributed by atoms with Gasteiger partial charge in [-0.25, -0.2) is 0 Å². The van der Waals surface area contributed by atoms with Crippen LogP contribution in [0.5, 0.6) is 0 Å². The van der Waals surface area contributed by atoms with Gasteiger partial charge in [-0.1, -0.05) is 67.6 Å². The van der Waals surface area contributed by atoms with Gasteiger partial charge in [-0.05, 0) is 23.6 Å². The van der Waals surface area contributed by atoms with Gasteiger partial charge in [0.1, 0.15) is 30.5 Å². The number of nitrogens with two attached hydrogens (primary N) is 1. The molecule has 0 aliphatic carbocycles. The Morgan fingerprint density at radius 1 is 1.10 bits per heavy atom. The highest BCUT2D eigenvalue weighted by Crippen LogP contribution is 2.41. The molecule has 146 valence electrons. The summed E-state index contributed by atoms with van der Waals surface area (Å²) in [4.78, 5) is 1.48. The summed E-state index contributed by atoms with van der Waals surface area (Å²) in [6, 6.07) is 22.8. The van der Waals surface area contributed by atoms with Gasteiger partial charge in [0, 0.05) is 11.1 Å². The van der Waals surface area contributed by atoms with Crippen molar-refractivity contribution in [3.8, 4) is 6.07 Å². The molecule has 2 aliphatic heterocycles. The lowest BCUT2D eigenvalue weighted by molar-refractivity contribution is -0.892. The average molecular weight is 385 g/mol. The smallest absolute Gasteiger partial charge is 0.205 e. The topological polar surface area (TPSA) is 63.5 Å². The third-order valence-electron chi connectivity index (χ3n) is 5.58. The second-order valence-corrected chi connectivity index (χ2v) is 7.62. The van der Waals surface area contributed by atoms with Gasteiger partial charge in [-0.2, -0.15) is 5.26 Å². The first-order chi connectivity index (χ1) is 14.2. The van der Waals surface area contributed by atoms with Crippen molar-refractivity contribution < 1.29 is 9.64 Å². The third-order valence-corrected chi connectivity index (χ3v) is 5.58. The standard InChI is InChI=1S/C25H25N3O/c1-2-13-28-16-20(14-18-9-5-3-6-10-18)24-22(17-28)23(19-11-7-4-8-12-19)21(15-26)25(27)29-24/h3-12,14,23H,2,13,16-17,27H2,1H3/p+1/b20-14-/t23-/m0/s1. The van der Waals surface area contributed by atoms with Crippen LogP contribution in [0.15, 0.2) is 89.0 Å². The molecule has 4 heteroatoms. The van der Waals surface area contributed by atoms with Gasteiger partial charge in [0.2, 0.25) is 5.88 Å². The Labute approximate surface area is 172 Å². The summed E-state index contributed by atoms with van der Waals surface area (Å²) in [6.45, 7) is 5.03. The van der Waals surface area contributed by atoms with Crippen molar-refractivity contribution in [3.63, 3.8) is 0 Å². The van der Waals surface area contributed by atoms with E-state index in [9.17, 15) is 5.26 Å². The summed E-state index contributed by atoms with van der Waals surface area (Å²) in [5.74, 6) is 0.911. The number of quaternary nitrogens is 1. The summed E-state index contributed by atoms with van der Waals surface area (Å²) in [6.07, 6.45) is 3.30. The number of nitrogens with one attached hydrogen (secondary N) is 1. The summed E-state index contributed by atoms with van der Waals surface area (Å²) >= 11 is 0. The molecule has 2 heterocycles. The number of benzene rings is 2.